The van der Waals surface area contributed by atoms with Crippen LogP contribution in [0.4, 0.5) is 0 Å². The Kier molecular flexibility index (Phi) is 6.08. The second-order valence-electron chi connectivity index (χ2n) is 7.26. The number of amides is 2. The van der Waals surface area contributed by atoms with Crippen LogP contribution in [-0.4, -0.2) is 61.5 Å². The highest BCUT2D eigenvalue weighted by atomic mass is 16.5. The quantitative estimate of drug-likeness (QED) is 0.843. The van der Waals surface area contributed by atoms with Crippen molar-refractivity contribution in [2.45, 2.75) is 25.7 Å². The minimum Gasteiger partial charge on any atom is -0.381 e. The molecule has 2 atom stereocenters. The van der Waals surface area contributed by atoms with Gasteiger partial charge in [-0.15, -0.1) is 0 Å². The molecule has 2 heterocycles. The second kappa shape index (κ2) is 8.48. The Morgan fingerprint density at radius 1 is 1.20 bits per heavy atom. The smallest absolute Gasteiger partial charge is 0.253 e. The Balaban J connectivity index is 1.56. The number of benzene rings is 1. The van der Waals surface area contributed by atoms with Crippen LogP contribution in [0.3, 0.4) is 0 Å². The number of nitrogens with zero attached hydrogens (tertiary/aromatic N) is 2. The summed E-state index contributed by atoms with van der Waals surface area (Å²) in [6.07, 6.45) is 3.95. The maximum absolute atomic E-state index is 12.8. The Bertz CT molecular complexity index is 584. The summed E-state index contributed by atoms with van der Waals surface area (Å²) >= 11 is 0. The molecule has 2 aliphatic rings. The van der Waals surface area contributed by atoms with Gasteiger partial charge in [-0.3, -0.25) is 9.59 Å². The summed E-state index contributed by atoms with van der Waals surface area (Å²) in [6, 6.07) is 9.33. The van der Waals surface area contributed by atoms with Crippen LogP contribution in [0, 0.1) is 11.8 Å². The van der Waals surface area contributed by atoms with E-state index in [1.807, 2.05) is 47.2 Å². The molecule has 2 saturated heterocycles. The number of hydrogen-bond acceptors (Lipinski definition) is 3. The first-order valence-corrected chi connectivity index (χ1v) is 9.32. The molecule has 0 aliphatic carbocycles. The fourth-order valence-electron chi connectivity index (χ4n) is 3.87. The molecule has 25 heavy (non-hydrogen) atoms. The Hall–Kier alpha value is -1.88. The van der Waals surface area contributed by atoms with E-state index in [-0.39, 0.29) is 17.7 Å². The zero-order chi connectivity index (χ0) is 17.6. The summed E-state index contributed by atoms with van der Waals surface area (Å²) in [4.78, 5) is 29.1. The fraction of sp³-hybridized carbons (Fsp3) is 0.600. The summed E-state index contributed by atoms with van der Waals surface area (Å²) in [5.74, 6) is 0.543. The SMILES string of the molecule is CN(CC1CCCOC1)C(=O)C1CCCN(C(=O)c2ccccc2)C1. The molecule has 0 radical (unpaired) electrons. The van der Waals surface area contributed by atoms with Gasteiger partial charge in [-0.25, -0.2) is 0 Å². The van der Waals surface area contributed by atoms with Crippen LogP contribution in [-0.2, 0) is 9.53 Å². The lowest BCUT2D eigenvalue weighted by Crippen LogP contribution is -2.47. The third-order valence-corrected chi connectivity index (χ3v) is 5.24. The third kappa shape index (κ3) is 4.60. The second-order valence-corrected chi connectivity index (χ2v) is 7.26. The summed E-state index contributed by atoms with van der Waals surface area (Å²) in [5.41, 5.74) is 0.698. The molecule has 0 bridgehead atoms. The van der Waals surface area contributed by atoms with E-state index in [4.69, 9.17) is 4.74 Å². The third-order valence-electron chi connectivity index (χ3n) is 5.24. The Morgan fingerprint density at radius 3 is 2.72 bits per heavy atom. The lowest BCUT2D eigenvalue weighted by atomic mass is 9.95. The van der Waals surface area contributed by atoms with Crippen molar-refractivity contribution in [3.63, 3.8) is 0 Å². The number of carbonyl (C=O) groups is 2. The van der Waals surface area contributed by atoms with Gasteiger partial charge in [0.25, 0.3) is 5.91 Å². The maximum atomic E-state index is 12.8. The van der Waals surface area contributed by atoms with Crippen LogP contribution in [0.15, 0.2) is 30.3 Å². The Morgan fingerprint density at radius 2 is 2.00 bits per heavy atom. The Labute approximate surface area is 149 Å². The average molecular weight is 344 g/mol. The van der Waals surface area contributed by atoms with Gasteiger partial charge in [-0.1, -0.05) is 18.2 Å². The van der Waals surface area contributed by atoms with Gasteiger partial charge in [-0.2, -0.15) is 0 Å². The molecule has 5 heteroatoms. The number of hydrogen-bond donors (Lipinski definition) is 0. The van der Waals surface area contributed by atoms with E-state index >= 15 is 0 Å². The molecule has 0 aromatic heterocycles. The minimum absolute atomic E-state index is 0.0291. The van der Waals surface area contributed by atoms with Crippen molar-refractivity contribution in [2.24, 2.45) is 11.8 Å². The van der Waals surface area contributed by atoms with Crippen molar-refractivity contribution >= 4 is 11.8 Å². The van der Waals surface area contributed by atoms with E-state index in [0.717, 1.165) is 52.0 Å². The van der Waals surface area contributed by atoms with Crippen LogP contribution in [0.25, 0.3) is 0 Å². The molecular formula is C20H28N2O3. The van der Waals surface area contributed by atoms with Gasteiger partial charge < -0.3 is 14.5 Å². The number of carbonyl (C=O) groups excluding carboxylic acids is 2. The highest BCUT2D eigenvalue weighted by Gasteiger charge is 2.31. The fourth-order valence-corrected chi connectivity index (χ4v) is 3.87. The predicted molar refractivity (Wildman–Crippen MR) is 96.2 cm³/mol. The molecule has 2 fully saturated rings. The lowest BCUT2D eigenvalue weighted by molar-refractivity contribution is -0.136. The highest BCUT2D eigenvalue weighted by molar-refractivity contribution is 5.94. The first kappa shape index (κ1) is 17.9. The summed E-state index contributed by atoms with van der Waals surface area (Å²) in [6.45, 7) is 3.60. The molecule has 2 aliphatic heterocycles. The highest BCUT2D eigenvalue weighted by Crippen LogP contribution is 2.22. The molecular weight excluding hydrogens is 316 g/mol. The number of piperidine rings is 1. The van der Waals surface area contributed by atoms with Crippen molar-refractivity contribution in [1.29, 1.82) is 0 Å². The molecule has 1 aromatic rings. The molecule has 2 amide bonds. The van der Waals surface area contributed by atoms with E-state index < -0.39 is 0 Å². The molecule has 2 unspecified atom stereocenters. The van der Waals surface area contributed by atoms with Crippen molar-refractivity contribution in [1.82, 2.24) is 9.80 Å². The maximum Gasteiger partial charge on any atom is 0.253 e. The van der Waals surface area contributed by atoms with Crippen molar-refractivity contribution < 1.29 is 14.3 Å². The molecule has 5 nitrogen and oxygen atoms in total. The van der Waals surface area contributed by atoms with Crippen molar-refractivity contribution in [3.8, 4) is 0 Å². The monoisotopic (exact) mass is 344 g/mol. The van der Waals surface area contributed by atoms with E-state index in [9.17, 15) is 9.59 Å². The molecule has 0 spiro atoms. The van der Waals surface area contributed by atoms with Crippen LogP contribution < -0.4 is 0 Å². The lowest BCUT2D eigenvalue weighted by Gasteiger charge is -2.35. The van der Waals surface area contributed by atoms with E-state index in [1.165, 1.54) is 0 Å². The summed E-state index contributed by atoms with van der Waals surface area (Å²) in [5, 5.41) is 0. The first-order valence-electron chi connectivity index (χ1n) is 9.32. The topological polar surface area (TPSA) is 49.9 Å². The van der Waals surface area contributed by atoms with Gasteiger partial charge in [0.05, 0.1) is 12.5 Å². The van der Waals surface area contributed by atoms with Gasteiger partial charge in [0.1, 0.15) is 0 Å². The van der Waals surface area contributed by atoms with E-state index in [0.29, 0.717) is 18.0 Å². The molecule has 0 N–H and O–H groups in total. The predicted octanol–water partition coefficient (Wildman–Crippen LogP) is 2.42. The van der Waals surface area contributed by atoms with Crippen molar-refractivity contribution in [3.05, 3.63) is 35.9 Å². The van der Waals surface area contributed by atoms with E-state index in [1.54, 1.807) is 0 Å². The standard InChI is InChI=1S/C20H28N2O3/c1-21(13-16-7-6-12-25-15-16)19(23)18-10-5-11-22(14-18)20(24)17-8-3-2-4-9-17/h2-4,8-9,16,18H,5-7,10-15H2,1H3. The largest absolute Gasteiger partial charge is 0.381 e. The van der Waals surface area contributed by atoms with Gasteiger partial charge in [-0.05, 0) is 43.7 Å². The van der Waals surface area contributed by atoms with Crippen LogP contribution in [0.5, 0.6) is 0 Å². The van der Waals surface area contributed by atoms with Crippen LogP contribution in [0.1, 0.15) is 36.0 Å². The first-order chi connectivity index (χ1) is 12.1. The van der Waals surface area contributed by atoms with E-state index in [2.05, 4.69) is 0 Å². The average Bonchev–Trinajstić information content (AvgIpc) is 2.68. The molecule has 3 rings (SSSR count). The molecule has 0 saturated carbocycles. The number of likely N-dealkylation sites (tertiary alicyclic amines) is 1. The zero-order valence-corrected chi connectivity index (χ0v) is 15.0. The normalized spacial score (nSPS) is 24.0. The van der Waals surface area contributed by atoms with Gasteiger partial charge in [0, 0.05) is 38.9 Å². The summed E-state index contributed by atoms with van der Waals surface area (Å²) < 4.78 is 5.51. The molecule has 136 valence electrons. The number of rotatable bonds is 4. The van der Waals surface area contributed by atoms with Crippen LogP contribution in [0.2, 0.25) is 0 Å². The van der Waals surface area contributed by atoms with Crippen molar-refractivity contribution in [2.75, 3.05) is 39.9 Å². The number of ether oxygens (including phenoxy) is 1. The van der Waals surface area contributed by atoms with Crippen LogP contribution >= 0.6 is 0 Å². The summed E-state index contributed by atoms with van der Waals surface area (Å²) in [7, 11) is 1.88. The zero-order valence-electron chi connectivity index (χ0n) is 15.0. The van der Waals surface area contributed by atoms with Gasteiger partial charge >= 0.3 is 0 Å². The molecule has 1 aromatic carbocycles. The van der Waals surface area contributed by atoms with Gasteiger partial charge in [0.15, 0.2) is 0 Å². The minimum atomic E-state index is -0.0871. The van der Waals surface area contributed by atoms with Gasteiger partial charge in [0.2, 0.25) is 5.91 Å².